The number of para-hydroxylation sites is 3. The fourth-order valence-corrected chi connectivity index (χ4v) is 6.81. The van der Waals surface area contributed by atoms with Gasteiger partial charge in [-0.3, -0.25) is 0 Å². The Morgan fingerprint density at radius 2 is 1.02 bits per heavy atom. The van der Waals surface area contributed by atoms with Crippen LogP contribution in [0.4, 0.5) is 0 Å². The van der Waals surface area contributed by atoms with Crippen LogP contribution in [0.1, 0.15) is 11.9 Å². The molecule has 0 saturated carbocycles. The molecule has 6 aromatic carbocycles. The Labute approximate surface area is 254 Å². The van der Waals surface area contributed by atoms with E-state index in [1.807, 2.05) is 18.4 Å². The molecule has 4 heteroatoms. The standard InChI is InChI=1S/C40H28N4/c1-3-11-27(12-4-1)35-23-24-41-40(42-35)44-37-18-10-8-16-32(37)34-26-29(20-22-39(34)44)28-19-21-38-33(25-28)31-15-7-9-17-36(31)43(38)30-13-5-2-6-14-30/h1-26,40,42H. The molecule has 0 aliphatic carbocycles. The fourth-order valence-electron chi connectivity index (χ4n) is 6.81. The van der Waals surface area contributed by atoms with Crippen LogP contribution in [-0.4, -0.2) is 15.3 Å². The minimum Gasteiger partial charge on any atom is -0.346 e. The van der Waals surface area contributed by atoms with Crippen LogP contribution in [-0.2, 0) is 0 Å². The Kier molecular flexibility index (Phi) is 5.53. The summed E-state index contributed by atoms with van der Waals surface area (Å²) < 4.78 is 4.68. The van der Waals surface area contributed by atoms with Crippen molar-refractivity contribution in [1.29, 1.82) is 0 Å². The second kappa shape index (κ2) is 9.85. The van der Waals surface area contributed by atoms with Gasteiger partial charge in [0.15, 0.2) is 0 Å². The van der Waals surface area contributed by atoms with Gasteiger partial charge in [-0.05, 0) is 71.3 Å². The lowest BCUT2D eigenvalue weighted by Gasteiger charge is -2.24. The summed E-state index contributed by atoms with van der Waals surface area (Å²) in [5.74, 6) is 0. The van der Waals surface area contributed by atoms with Gasteiger partial charge in [-0.15, -0.1) is 0 Å². The highest BCUT2D eigenvalue weighted by atomic mass is 15.3. The van der Waals surface area contributed by atoms with Gasteiger partial charge in [-0.25, -0.2) is 4.99 Å². The number of nitrogens with one attached hydrogen (secondary N) is 1. The van der Waals surface area contributed by atoms with Crippen molar-refractivity contribution in [3.05, 3.63) is 157 Å². The molecule has 208 valence electrons. The predicted molar refractivity (Wildman–Crippen MR) is 184 cm³/mol. The van der Waals surface area contributed by atoms with Gasteiger partial charge in [0.2, 0.25) is 6.29 Å². The molecule has 4 nitrogen and oxygen atoms in total. The van der Waals surface area contributed by atoms with Crippen molar-refractivity contribution >= 4 is 55.5 Å². The molecule has 3 heterocycles. The van der Waals surface area contributed by atoms with Crippen LogP contribution in [0.3, 0.4) is 0 Å². The average Bonchev–Trinajstić information content (AvgIpc) is 3.61. The fraction of sp³-hybridized carbons (Fsp3) is 0.0250. The maximum absolute atomic E-state index is 4.87. The van der Waals surface area contributed by atoms with Crippen LogP contribution in [0.5, 0.6) is 0 Å². The molecule has 2 aromatic heterocycles. The first-order valence-electron chi connectivity index (χ1n) is 15.0. The van der Waals surface area contributed by atoms with Crippen molar-refractivity contribution in [2.75, 3.05) is 0 Å². The molecule has 1 aliphatic heterocycles. The summed E-state index contributed by atoms with van der Waals surface area (Å²) in [7, 11) is 0. The molecule has 0 fully saturated rings. The van der Waals surface area contributed by atoms with Gasteiger partial charge in [0.1, 0.15) is 0 Å². The summed E-state index contributed by atoms with van der Waals surface area (Å²) in [5.41, 5.74) is 10.5. The van der Waals surface area contributed by atoms with E-state index in [1.54, 1.807) is 0 Å². The third kappa shape index (κ3) is 3.81. The highest BCUT2D eigenvalue weighted by Crippen LogP contribution is 2.38. The second-order valence-corrected chi connectivity index (χ2v) is 11.3. The zero-order valence-corrected chi connectivity index (χ0v) is 23.9. The van der Waals surface area contributed by atoms with Crippen LogP contribution >= 0.6 is 0 Å². The Balaban J connectivity index is 1.18. The molecule has 1 N–H and O–H groups in total. The minimum absolute atomic E-state index is 0.246. The Bertz CT molecular complexity index is 2410. The first-order valence-corrected chi connectivity index (χ1v) is 15.0. The average molecular weight is 565 g/mol. The van der Waals surface area contributed by atoms with Crippen molar-refractivity contribution in [2.45, 2.75) is 6.29 Å². The zero-order valence-electron chi connectivity index (χ0n) is 23.9. The summed E-state index contributed by atoms with van der Waals surface area (Å²) >= 11 is 0. The van der Waals surface area contributed by atoms with E-state index in [1.165, 1.54) is 49.4 Å². The van der Waals surface area contributed by atoms with Gasteiger partial charge in [0, 0.05) is 39.1 Å². The monoisotopic (exact) mass is 564 g/mol. The molecule has 1 aliphatic rings. The van der Waals surface area contributed by atoms with Crippen LogP contribution in [0.25, 0.3) is 66.1 Å². The van der Waals surface area contributed by atoms with E-state index in [0.29, 0.717) is 0 Å². The second-order valence-electron chi connectivity index (χ2n) is 11.3. The molecule has 0 bridgehead atoms. The van der Waals surface area contributed by atoms with Crippen molar-refractivity contribution < 1.29 is 0 Å². The molecular weight excluding hydrogens is 536 g/mol. The third-order valence-corrected chi connectivity index (χ3v) is 8.81. The van der Waals surface area contributed by atoms with Gasteiger partial charge < -0.3 is 14.5 Å². The van der Waals surface area contributed by atoms with E-state index < -0.39 is 0 Å². The lowest BCUT2D eigenvalue weighted by molar-refractivity contribution is 0.510. The number of hydrogen-bond donors (Lipinski definition) is 1. The molecule has 0 radical (unpaired) electrons. The van der Waals surface area contributed by atoms with Crippen LogP contribution in [0.2, 0.25) is 0 Å². The minimum atomic E-state index is -0.246. The van der Waals surface area contributed by atoms with Gasteiger partial charge >= 0.3 is 0 Å². The van der Waals surface area contributed by atoms with E-state index in [2.05, 4.69) is 154 Å². The molecule has 0 saturated heterocycles. The number of rotatable bonds is 4. The summed E-state index contributed by atoms with van der Waals surface area (Å²) in [6, 6.07) is 52.1. The number of aromatic nitrogens is 2. The van der Waals surface area contributed by atoms with Crippen molar-refractivity contribution in [1.82, 2.24) is 14.5 Å². The van der Waals surface area contributed by atoms with Crippen molar-refractivity contribution in [3.63, 3.8) is 0 Å². The van der Waals surface area contributed by atoms with Crippen molar-refractivity contribution in [3.8, 4) is 16.8 Å². The van der Waals surface area contributed by atoms with Gasteiger partial charge in [0.05, 0.1) is 22.1 Å². The first-order chi connectivity index (χ1) is 21.8. The van der Waals surface area contributed by atoms with Gasteiger partial charge in [0.25, 0.3) is 0 Å². The molecule has 0 spiro atoms. The molecule has 8 aromatic rings. The number of nitrogens with zero attached hydrogens (tertiary/aromatic N) is 3. The molecule has 0 amide bonds. The molecule has 1 atom stereocenters. The van der Waals surface area contributed by atoms with E-state index in [-0.39, 0.29) is 6.29 Å². The van der Waals surface area contributed by atoms with Crippen LogP contribution in [0.15, 0.2) is 157 Å². The number of fused-ring (bicyclic) bond motifs is 6. The van der Waals surface area contributed by atoms with E-state index in [9.17, 15) is 0 Å². The molecular formula is C40H28N4. The Hall–Kier alpha value is -5.87. The molecule has 1 unspecified atom stereocenters. The number of allylic oxidation sites excluding steroid dienone is 1. The number of hydrogen-bond acceptors (Lipinski definition) is 2. The highest BCUT2D eigenvalue weighted by molar-refractivity contribution is 6.12. The summed E-state index contributed by atoms with van der Waals surface area (Å²) in [6.45, 7) is 0. The lowest BCUT2D eigenvalue weighted by Crippen LogP contribution is -2.26. The topological polar surface area (TPSA) is 34.2 Å². The SMILES string of the molecule is C1=NC(n2c3ccccc3c3cc(-c4ccc5c(c4)c4ccccc4n5-c4ccccc4)ccc32)NC(c2ccccc2)=C1. The summed E-state index contributed by atoms with van der Waals surface area (Å²) in [6.07, 6.45) is 3.71. The third-order valence-electron chi connectivity index (χ3n) is 8.81. The lowest BCUT2D eigenvalue weighted by atomic mass is 10.0. The number of aliphatic imine (C=N–C) groups is 1. The van der Waals surface area contributed by atoms with E-state index in [4.69, 9.17) is 4.99 Å². The summed E-state index contributed by atoms with van der Waals surface area (Å²) in [4.78, 5) is 4.87. The molecule has 44 heavy (non-hydrogen) atoms. The smallest absolute Gasteiger partial charge is 0.200 e. The molecule has 9 rings (SSSR count). The maximum Gasteiger partial charge on any atom is 0.200 e. The van der Waals surface area contributed by atoms with E-state index >= 15 is 0 Å². The van der Waals surface area contributed by atoms with Gasteiger partial charge in [-0.2, -0.15) is 0 Å². The normalized spacial score (nSPS) is 14.8. The first kappa shape index (κ1) is 24.7. The quantitative estimate of drug-likeness (QED) is 0.227. The summed E-state index contributed by atoms with van der Waals surface area (Å²) in [5, 5.41) is 8.63. The largest absolute Gasteiger partial charge is 0.346 e. The Morgan fingerprint density at radius 3 is 1.77 bits per heavy atom. The van der Waals surface area contributed by atoms with Crippen LogP contribution in [0, 0.1) is 0 Å². The van der Waals surface area contributed by atoms with E-state index in [0.717, 1.165) is 22.3 Å². The van der Waals surface area contributed by atoms with Gasteiger partial charge in [-0.1, -0.05) is 97.1 Å². The zero-order chi connectivity index (χ0) is 29.0. The predicted octanol–water partition coefficient (Wildman–Crippen LogP) is 9.73. The van der Waals surface area contributed by atoms with Crippen LogP contribution < -0.4 is 5.32 Å². The van der Waals surface area contributed by atoms with Crippen molar-refractivity contribution in [2.24, 2.45) is 4.99 Å². The maximum atomic E-state index is 4.87. The number of benzene rings is 6. The Morgan fingerprint density at radius 1 is 0.477 bits per heavy atom. The highest BCUT2D eigenvalue weighted by Gasteiger charge is 2.21.